The number of benzene rings is 2. The number of nitrogens with zero attached hydrogens (tertiary/aromatic N) is 1. The van der Waals surface area contributed by atoms with Crippen molar-refractivity contribution in [1.82, 2.24) is 4.57 Å². The molecule has 0 atom stereocenters. The fraction of sp³-hybridized carbons (Fsp3) is 0. The first-order valence-corrected chi connectivity index (χ1v) is 7.15. The molecule has 0 aliphatic heterocycles. The summed E-state index contributed by atoms with van der Waals surface area (Å²) in [5, 5.41) is 0.826. The van der Waals surface area contributed by atoms with Crippen molar-refractivity contribution < 1.29 is 9.59 Å². The van der Waals surface area contributed by atoms with Crippen LogP contribution in [0.25, 0.3) is 10.9 Å². The molecular weight excluding hydrogens is 365 g/mol. The summed E-state index contributed by atoms with van der Waals surface area (Å²) >= 11 is 2.18. The Morgan fingerprint density at radius 3 is 2.50 bits per heavy atom. The fourth-order valence-electron chi connectivity index (χ4n) is 2.25. The monoisotopic (exact) mass is 375 g/mol. The van der Waals surface area contributed by atoms with E-state index in [4.69, 9.17) is 0 Å². The first-order valence-electron chi connectivity index (χ1n) is 6.07. The molecule has 3 aromatic rings. The number of aromatic nitrogens is 1. The van der Waals surface area contributed by atoms with Crippen LogP contribution in [0.5, 0.6) is 0 Å². The Kier molecular flexibility index (Phi) is 3.40. The van der Waals surface area contributed by atoms with Gasteiger partial charge in [0.2, 0.25) is 0 Å². The highest BCUT2D eigenvalue weighted by Crippen LogP contribution is 2.26. The lowest BCUT2D eigenvalue weighted by Gasteiger charge is -2.04. The lowest BCUT2D eigenvalue weighted by atomic mass is 10.2. The molecule has 0 unspecified atom stereocenters. The van der Waals surface area contributed by atoms with Crippen LogP contribution in [0.4, 0.5) is 0 Å². The molecule has 1 heterocycles. The minimum Gasteiger partial charge on any atom is -0.298 e. The van der Waals surface area contributed by atoms with Crippen LogP contribution in [0, 0.1) is 3.57 Å². The predicted octanol–water partition coefficient (Wildman–Crippen LogP) is 3.75. The van der Waals surface area contributed by atoms with Gasteiger partial charge in [0.1, 0.15) is 0 Å². The third-order valence-corrected chi connectivity index (χ3v) is 4.07. The van der Waals surface area contributed by atoms with Crippen molar-refractivity contribution in [1.29, 1.82) is 0 Å². The molecule has 4 heteroatoms. The molecular formula is C16H10INO2. The molecule has 0 radical (unpaired) electrons. The number of fused-ring (bicyclic) bond motifs is 1. The molecule has 3 rings (SSSR count). The fourth-order valence-corrected chi connectivity index (χ4v) is 3.04. The highest BCUT2D eigenvalue weighted by Gasteiger charge is 2.16. The Balaban J connectivity index is 2.25. The van der Waals surface area contributed by atoms with Crippen molar-refractivity contribution >= 4 is 45.7 Å². The summed E-state index contributed by atoms with van der Waals surface area (Å²) in [5.74, 6) is -0.134. The van der Waals surface area contributed by atoms with Gasteiger partial charge in [0.15, 0.2) is 6.29 Å². The van der Waals surface area contributed by atoms with Crippen molar-refractivity contribution in [2.75, 3.05) is 0 Å². The van der Waals surface area contributed by atoms with E-state index < -0.39 is 0 Å². The van der Waals surface area contributed by atoms with Crippen LogP contribution in [0.1, 0.15) is 20.7 Å². The molecule has 1 aromatic heterocycles. The van der Waals surface area contributed by atoms with Crippen LogP contribution in [-0.4, -0.2) is 16.8 Å². The van der Waals surface area contributed by atoms with Crippen LogP contribution in [0.3, 0.4) is 0 Å². The van der Waals surface area contributed by atoms with Gasteiger partial charge in [-0.25, -0.2) is 0 Å². The van der Waals surface area contributed by atoms with E-state index in [0.717, 1.165) is 20.8 Å². The summed E-state index contributed by atoms with van der Waals surface area (Å²) < 4.78 is 2.50. The van der Waals surface area contributed by atoms with E-state index in [2.05, 4.69) is 22.6 Å². The summed E-state index contributed by atoms with van der Waals surface area (Å²) in [5.41, 5.74) is 1.89. The largest absolute Gasteiger partial charge is 0.298 e. The lowest BCUT2D eigenvalue weighted by Crippen LogP contribution is -2.10. The molecule has 20 heavy (non-hydrogen) atoms. The summed E-state index contributed by atoms with van der Waals surface area (Å²) in [4.78, 5) is 23.8. The molecule has 0 aliphatic rings. The number of hydrogen-bond acceptors (Lipinski definition) is 2. The van der Waals surface area contributed by atoms with Crippen molar-refractivity contribution in [3.8, 4) is 0 Å². The Morgan fingerprint density at radius 1 is 1.05 bits per heavy atom. The average Bonchev–Trinajstić information content (AvgIpc) is 2.87. The third kappa shape index (κ3) is 2.06. The van der Waals surface area contributed by atoms with Gasteiger partial charge < -0.3 is 0 Å². The highest BCUT2D eigenvalue weighted by atomic mass is 127. The first kappa shape index (κ1) is 13.1. The molecule has 3 nitrogen and oxygen atoms in total. The molecule has 2 aromatic carbocycles. The van der Waals surface area contributed by atoms with Gasteiger partial charge in [0.05, 0.1) is 5.52 Å². The van der Waals surface area contributed by atoms with E-state index in [1.54, 1.807) is 18.3 Å². The van der Waals surface area contributed by atoms with Crippen LogP contribution in [0.15, 0.2) is 54.7 Å². The van der Waals surface area contributed by atoms with E-state index >= 15 is 0 Å². The molecule has 0 N–H and O–H groups in total. The van der Waals surface area contributed by atoms with E-state index in [1.165, 1.54) is 4.57 Å². The standard InChI is InChI=1S/C16H10INO2/c17-13-7-4-8-14-15(13)12(10-19)9-18(14)16(20)11-5-2-1-3-6-11/h1-10H. The maximum Gasteiger partial charge on any atom is 0.262 e. The number of aldehydes is 1. The molecule has 0 saturated heterocycles. The topological polar surface area (TPSA) is 39.1 Å². The maximum atomic E-state index is 12.5. The Hall–Kier alpha value is -1.95. The molecule has 0 fully saturated rings. The van der Waals surface area contributed by atoms with E-state index in [0.29, 0.717) is 11.1 Å². The summed E-state index contributed by atoms with van der Waals surface area (Å²) in [7, 11) is 0. The SMILES string of the molecule is O=Cc1cn(C(=O)c2ccccc2)c2cccc(I)c12. The van der Waals surface area contributed by atoms with Crippen LogP contribution in [-0.2, 0) is 0 Å². The van der Waals surface area contributed by atoms with Crippen molar-refractivity contribution in [2.24, 2.45) is 0 Å². The number of carbonyl (C=O) groups excluding carboxylic acids is 2. The molecule has 0 saturated carbocycles. The number of rotatable bonds is 2. The van der Waals surface area contributed by atoms with Gasteiger partial charge in [-0.3, -0.25) is 14.2 Å². The minimum atomic E-state index is -0.134. The number of hydrogen-bond donors (Lipinski definition) is 0. The van der Waals surface area contributed by atoms with Crippen LogP contribution < -0.4 is 0 Å². The molecule has 0 spiro atoms. The number of carbonyl (C=O) groups is 2. The summed E-state index contributed by atoms with van der Waals surface area (Å²) in [6.07, 6.45) is 2.40. The van der Waals surface area contributed by atoms with Crippen LogP contribution in [0.2, 0.25) is 0 Å². The zero-order valence-electron chi connectivity index (χ0n) is 10.4. The number of halogens is 1. The second-order valence-corrected chi connectivity index (χ2v) is 5.54. The lowest BCUT2D eigenvalue weighted by molar-refractivity contribution is 0.0965. The van der Waals surface area contributed by atoms with Crippen molar-refractivity contribution in [2.45, 2.75) is 0 Å². The van der Waals surface area contributed by atoms with E-state index in [1.807, 2.05) is 36.4 Å². The van der Waals surface area contributed by atoms with Crippen molar-refractivity contribution in [3.63, 3.8) is 0 Å². The highest BCUT2D eigenvalue weighted by molar-refractivity contribution is 14.1. The van der Waals surface area contributed by atoms with Gasteiger partial charge >= 0.3 is 0 Å². The van der Waals surface area contributed by atoms with Gasteiger partial charge in [-0.05, 0) is 46.9 Å². The Bertz CT molecular complexity index is 806. The normalized spacial score (nSPS) is 10.7. The van der Waals surface area contributed by atoms with Gasteiger partial charge in [0, 0.05) is 26.3 Å². The molecule has 0 amide bonds. The van der Waals surface area contributed by atoms with Crippen molar-refractivity contribution in [3.05, 3.63) is 69.4 Å². The molecule has 98 valence electrons. The molecule has 0 bridgehead atoms. The quantitative estimate of drug-likeness (QED) is 0.506. The van der Waals surface area contributed by atoms with Gasteiger partial charge in [0.25, 0.3) is 5.91 Å². The van der Waals surface area contributed by atoms with E-state index in [-0.39, 0.29) is 5.91 Å². The van der Waals surface area contributed by atoms with Gasteiger partial charge in [-0.2, -0.15) is 0 Å². The average molecular weight is 375 g/mol. The summed E-state index contributed by atoms with van der Waals surface area (Å²) in [6, 6.07) is 14.7. The van der Waals surface area contributed by atoms with Gasteiger partial charge in [-0.15, -0.1) is 0 Å². The van der Waals surface area contributed by atoms with E-state index in [9.17, 15) is 9.59 Å². The Morgan fingerprint density at radius 2 is 1.80 bits per heavy atom. The van der Waals surface area contributed by atoms with Gasteiger partial charge in [-0.1, -0.05) is 24.3 Å². The zero-order chi connectivity index (χ0) is 14.1. The smallest absolute Gasteiger partial charge is 0.262 e. The Labute approximate surface area is 129 Å². The second-order valence-electron chi connectivity index (χ2n) is 4.38. The van der Waals surface area contributed by atoms with Crippen LogP contribution >= 0.6 is 22.6 Å². The summed E-state index contributed by atoms with van der Waals surface area (Å²) in [6.45, 7) is 0. The minimum absolute atomic E-state index is 0.134. The molecule has 0 aliphatic carbocycles. The maximum absolute atomic E-state index is 12.5. The zero-order valence-corrected chi connectivity index (χ0v) is 12.6. The second kappa shape index (κ2) is 5.20. The first-order chi connectivity index (χ1) is 9.72. The third-order valence-electron chi connectivity index (χ3n) is 3.17. The predicted molar refractivity (Wildman–Crippen MR) is 86.2 cm³/mol.